The minimum absolute atomic E-state index is 0.0447. The SMILES string of the molecule is CCCCCCOc1cccc(Nc2nc(Nc3ccc(OC4CCCC4)cc3)ncc2C(F)(F)F)c1. The summed E-state index contributed by atoms with van der Waals surface area (Å²) in [5, 5.41) is 5.77. The van der Waals surface area contributed by atoms with Crippen LogP contribution >= 0.6 is 0 Å². The van der Waals surface area contributed by atoms with E-state index < -0.39 is 11.7 Å². The van der Waals surface area contributed by atoms with Gasteiger partial charge < -0.3 is 20.1 Å². The summed E-state index contributed by atoms with van der Waals surface area (Å²) in [6.07, 6.45) is 5.18. The molecule has 1 aromatic heterocycles. The van der Waals surface area contributed by atoms with Crippen LogP contribution in [-0.4, -0.2) is 22.7 Å². The van der Waals surface area contributed by atoms with E-state index in [1.807, 2.05) is 12.1 Å². The molecule has 0 spiro atoms. The van der Waals surface area contributed by atoms with Crippen molar-refractivity contribution in [3.8, 4) is 11.5 Å². The van der Waals surface area contributed by atoms with Gasteiger partial charge in [0.05, 0.1) is 12.7 Å². The lowest BCUT2D eigenvalue weighted by Gasteiger charge is -2.16. The van der Waals surface area contributed by atoms with E-state index in [2.05, 4.69) is 27.5 Å². The van der Waals surface area contributed by atoms with Crippen molar-refractivity contribution in [3.05, 3.63) is 60.3 Å². The van der Waals surface area contributed by atoms with Crippen LogP contribution in [0.5, 0.6) is 11.5 Å². The summed E-state index contributed by atoms with van der Waals surface area (Å²) < 4.78 is 52.8. The molecule has 1 aliphatic carbocycles. The Balaban J connectivity index is 1.45. The molecular weight excluding hydrogens is 481 g/mol. The zero-order valence-electron chi connectivity index (χ0n) is 21.0. The average Bonchev–Trinajstić information content (AvgIpc) is 3.38. The smallest absolute Gasteiger partial charge is 0.421 e. The number of ether oxygens (including phenoxy) is 2. The van der Waals surface area contributed by atoms with E-state index in [9.17, 15) is 13.2 Å². The number of aromatic nitrogens is 2. The molecule has 1 fully saturated rings. The monoisotopic (exact) mass is 514 g/mol. The second kappa shape index (κ2) is 12.7. The summed E-state index contributed by atoms with van der Waals surface area (Å²) in [7, 11) is 0. The van der Waals surface area contributed by atoms with Crippen LogP contribution < -0.4 is 20.1 Å². The van der Waals surface area contributed by atoms with E-state index in [-0.39, 0.29) is 17.9 Å². The molecule has 37 heavy (non-hydrogen) atoms. The molecule has 198 valence electrons. The lowest BCUT2D eigenvalue weighted by molar-refractivity contribution is -0.137. The maximum atomic E-state index is 13.7. The van der Waals surface area contributed by atoms with Gasteiger partial charge in [0, 0.05) is 23.6 Å². The normalized spacial score (nSPS) is 13.9. The van der Waals surface area contributed by atoms with E-state index in [4.69, 9.17) is 9.47 Å². The predicted octanol–water partition coefficient (Wildman–Crippen LogP) is 8.26. The highest BCUT2D eigenvalue weighted by Gasteiger charge is 2.35. The highest BCUT2D eigenvalue weighted by Crippen LogP contribution is 2.36. The molecule has 2 N–H and O–H groups in total. The molecule has 0 atom stereocenters. The number of nitrogens with one attached hydrogen (secondary N) is 2. The Bertz CT molecular complexity index is 1130. The maximum absolute atomic E-state index is 13.7. The van der Waals surface area contributed by atoms with Gasteiger partial charge in [-0.3, -0.25) is 0 Å². The van der Waals surface area contributed by atoms with E-state index in [1.54, 1.807) is 36.4 Å². The van der Waals surface area contributed by atoms with Gasteiger partial charge in [-0.1, -0.05) is 32.3 Å². The van der Waals surface area contributed by atoms with Crippen molar-refractivity contribution in [1.82, 2.24) is 9.97 Å². The summed E-state index contributed by atoms with van der Waals surface area (Å²) >= 11 is 0. The van der Waals surface area contributed by atoms with Crippen molar-refractivity contribution < 1.29 is 22.6 Å². The summed E-state index contributed by atoms with van der Waals surface area (Å²) in [4.78, 5) is 8.03. The number of alkyl halides is 3. The van der Waals surface area contributed by atoms with E-state index >= 15 is 0 Å². The second-order valence-electron chi connectivity index (χ2n) is 9.19. The summed E-state index contributed by atoms with van der Waals surface area (Å²) in [6.45, 7) is 2.70. The van der Waals surface area contributed by atoms with Gasteiger partial charge in [-0.05, 0) is 68.5 Å². The van der Waals surface area contributed by atoms with Crippen LogP contribution in [0.15, 0.2) is 54.7 Å². The fourth-order valence-corrected chi connectivity index (χ4v) is 4.21. The quantitative estimate of drug-likeness (QED) is 0.237. The van der Waals surface area contributed by atoms with Crippen LogP contribution in [0.3, 0.4) is 0 Å². The molecule has 1 heterocycles. The minimum atomic E-state index is -4.62. The zero-order chi connectivity index (χ0) is 26.1. The first-order valence-electron chi connectivity index (χ1n) is 12.9. The van der Waals surface area contributed by atoms with Crippen LogP contribution in [0.4, 0.5) is 36.3 Å². The molecule has 0 unspecified atom stereocenters. The van der Waals surface area contributed by atoms with Gasteiger partial charge in [0.15, 0.2) is 0 Å². The first-order valence-corrected chi connectivity index (χ1v) is 12.9. The first-order chi connectivity index (χ1) is 17.9. The molecule has 0 bridgehead atoms. The molecular formula is C28H33F3N4O2. The van der Waals surface area contributed by atoms with Gasteiger partial charge in [-0.15, -0.1) is 0 Å². The Morgan fingerprint density at radius 2 is 1.70 bits per heavy atom. The Morgan fingerprint density at radius 1 is 0.919 bits per heavy atom. The number of anilines is 4. The molecule has 0 amide bonds. The average molecular weight is 515 g/mol. The molecule has 0 aliphatic heterocycles. The number of unbranched alkanes of at least 4 members (excludes halogenated alkanes) is 3. The topological polar surface area (TPSA) is 68.3 Å². The van der Waals surface area contributed by atoms with E-state index in [1.165, 1.54) is 12.8 Å². The Kier molecular flexibility index (Phi) is 9.09. The van der Waals surface area contributed by atoms with E-state index in [0.717, 1.165) is 50.5 Å². The molecule has 1 saturated carbocycles. The predicted molar refractivity (Wildman–Crippen MR) is 139 cm³/mol. The van der Waals surface area contributed by atoms with Crippen molar-refractivity contribution in [3.63, 3.8) is 0 Å². The molecule has 6 nitrogen and oxygen atoms in total. The van der Waals surface area contributed by atoms with Crippen molar-refractivity contribution >= 4 is 23.1 Å². The minimum Gasteiger partial charge on any atom is -0.494 e. The highest BCUT2D eigenvalue weighted by molar-refractivity contribution is 5.64. The Hall–Kier alpha value is -3.49. The van der Waals surface area contributed by atoms with Crippen molar-refractivity contribution in [2.75, 3.05) is 17.2 Å². The molecule has 0 saturated heterocycles. The molecule has 9 heteroatoms. The van der Waals surface area contributed by atoms with Crippen LogP contribution in [-0.2, 0) is 6.18 Å². The van der Waals surface area contributed by atoms with Crippen molar-refractivity contribution in [1.29, 1.82) is 0 Å². The number of nitrogens with zero attached hydrogens (tertiary/aromatic N) is 2. The third-order valence-corrected chi connectivity index (χ3v) is 6.17. The van der Waals surface area contributed by atoms with Crippen LogP contribution in [0.25, 0.3) is 0 Å². The number of benzene rings is 2. The number of hydrogen-bond acceptors (Lipinski definition) is 6. The molecule has 3 aromatic rings. The highest BCUT2D eigenvalue weighted by atomic mass is 19.4. The standard InChI is InChI=1S/C28H33F3N4O2/c1-2-3-4-7-17-36-24-12-8-9-21(18-24)33-26-25(28(29,30)31)19-32-27(35-26)34-20-13-15-23(16-14-20)37-22-10-5-6-11-22/h8-9,12-16,18-19,22H,2-7,10-11,17H2,1H3,(H2,32,33,34,35). The summed E-state index contributed by atoms with van der Waals surface area (Å²) in [5.74, 6) is 1.05. The first kappa shape index (κ1) is 26.6. The van der Waals surface area contributed by atoms with Crippen molar-refractivity contribution in [2.24, 2.45) is 0 Å². The lowest BCUT2D eigenvalue weighted by Crippen LogP contribution is -2.13. The van der Waals surface area contributed by atoms with Gasteiger partial charge in [0.25, 0.3) is 0 Å². The van der Waals surface area contributed by atoms with Crippen LogP contribution in [0, 0.1) is 0 Å². The second-order valence-corrected chi connectivity index (χ2v) is 9.19. The molecule has 0 radical (unpaired) electrons. The van der Waals surface area contributed by atoms with E-state index in [0.29, 0.717) is 23.7 Å². The number of rotatable bonds is 12. The number of hydrogen-bond donors (Lipinski definition) is 2. The molecule has 1 aliphatic rings. The fourth-order valence-electron chi connectivity index (χ4n) is 4.21. The summed E-state index contributed by atoms with van der Waals surface area (Å²) in [6, 6.07) is 14.1. The lowest BCUT2D eigenvalue weighted by atomic mass is 10.2. The van der Waals surface area contributed by atoms with Gasteiger partial charge >= 0.3 is 6.18 Å². The Labute approximate surface area is 215 Å². The van der Waals surface area contributed by atoms with Crippen molar-refractivity contribution in [2.45, 2.75) is 70.6 Å². The maximum Gasteiger partial charge on any atom is 0.421 e. The fraction of sp³-hybridized carbons (Fsp3) is 0.429. The van der Waals surface area contributed by atoms with Gasteiger partial charge in [0.1, 0.15) is 22.9 Å². The third kappa shape index (κ3) is 8.00. The van der Waals surface area contributed by atoms with Gasteiger partial charge in [0.2, 0.25) is 5.95 Å². The summed E-state index contributed by atoms with van der Waals surface area (Å²) in [5.41, 5.74) is 0.127. The molecule has 4 rings (SSSR count). The van der Waals surface area contributed by atoms with Gasteiger partial charge in [-0.2, -0.15) is 18.2 Å². The third-order valence-electron chi connectivity index (χ3n) is 6.17. The van der Waals surface area contributed by atoms with Crippen LogP contribution in [0.1, 0.15) is 63.9 Å². The van der Waals surface area contributed by atoms with Gasteiger partial charge in [-0.25, -0.2) is 4.98 Å². The van der Waals surface area contributed by atoms with Crippen LogP contribution in [0.2, 0.25) is 0 Å². The zero-order valence-corrected chi connectivity index (χ0v) is 21.0. The molecule has 2 aromatic carbocycles. The number of halogens is 3. The largest absolute Gasteiger partial charge is 0.494 e. The Morgan fingerprint density at radius 3 is 2.43 bits per heavy atom.